The van der Waals surface area contributed by atoms with Gasteiger partial charge in [0.2, 0.25) is 0 Å². The Morgan fingerprint density at radius 1 is 0.864 bits per heavy atom. The Kier molecular flexibility index (Phi) is 5.31. The summed E-state index contributed by atoms with van der Waals surface area (Å²) in [6.07, 6.45) is 0. The zero-order chi connectivity index (χ0) is 15.9. The van der Waals surface area contributed by atoms with E-state index in [0.29, 0.717) is 29.3 Å². The van der Waals surface area contributed by atoms with E-state index in [0.717, 1.165) is 0 Å². The second kappa shape index (κ2) is 7.41. The second-order valence-electron chi connectivity index (χ2n) is 5.50. The summed E-state index contributed by atoms with van der Waals surface area (Å²) in [5.41, 5.74) is 1.84. The van der Waals surface area contributed by atoms with E-state index in [-0.39, 0.29) is 11.8 Å². The highest BCUT2D eigenvalue weighted by Crippen LogP contribution is 2.11. The molecule has 0 radical (unpaired) electrons. The van der Waals surface area contributed by atoms with Gasteiger partial charge in [0, 0.05) is 23.4 Å². The molecule has 0 spiro atoms. The van der Waals surface area contributed by atoms with Gasteiger partial charge in [0.25, 0.3) is 11.8 Å². The van der Waals surface area contributed by atoms with Crippen LogP contribution in [0.2, 0.25) is 0 Å². The van der Waals surface area contributed by atoms with E-state index >= 15 is 0 Å². The standard InChI is InChI=1S/C18H20N2O2/c1-13(2)12-19-17(21)15-8-10-16(11-9-15)20-18(22)14-6-4-3-5-7-14/h3-11,13H,12H2,1-2H3,(H,19,21)(H,20,22). The monoisotopic (exact) mass is 296 g/mol. The summed E-state index contributed by atoms with van der Waals surface area (Å²) in [6, 6.07) is 15.9. The first-order chi connectivity index (χ1) is 10.6. The molecule has 0 aliphatic heterocycles. The SMILES string of the molecule is CC(C)CNC(=O)c1ccc(NC(=O)c2ccccc2)cc1. The Bertz CT molecular complexity index is 634. The third-order valence-corrected chi connectivity index (χ3v) is 3.11. The fourth-order valence-corrected chi connectivity index (χ4v) is 1.90. The van der Waals surface area contributed by atoms with Crippen molar-refractivity contribution in [1.29, 1.82) is 0 Å². The minimum Gasteiger partial charge on any atom is -0.352 e. The van der Waals surface area contributed by atoms with Crippen molar-refractivity contribution in [2.45, 2.75) is 13.8 Å². The van der Waals surface area contributed by atoms with E-state index in [9.17, 15) is 9.59 Å². The molecular weight excluding hydrogens is 276 g/mol. The minimum atomic E-state index is -0.169. The van der Waals surface area contributed by atoms with Gasteiger partial charge in [0.15, 0.2) is 0 Å². The van der Waals surface area contributed by atoms with Crippen molar-refractivity contribution in [3.63, 3.8) is 0 Å². The van der Waals surface area contributed by atoms with Gasteiger partial charge in [-0.05, 0) is 42.3 Å². The molecule has 4 nitrogen and oxygen atoms in total. The Morgan fingerprint density at radius 3 is 2.05 bits per heavy atom. The van der Waals surface area contributed by atoms with Crippen LogP contribution in [0.15, 0.2) is 54.6 Å². The third kappa shape index (κ3) is 4.45. The number of anilines is 1. The molecule has 2 rings (SSSR count). The average molecular weight is 296 g/mol. The quantitative estimate of drug-likeness (QED) is 0.889. The summed E-state index contributed by atoms with van der Waals surface area (Å²) in [7, 11) is 0. The van der Waals surface area contributed by atoms with Crippen molar-refractivity contribution in [2.75, 3.05) is 11.9 Å². The van der Waals surface area contributed by atoms with Gasteiger partial charge < -0.3 is 10.6 Å². The first kappa shape index (κ1) is 15.8. The summed E-state index contributed by atoms with van der Waals surface area (Å²) in [5.74, 6) is 0.139. The molecule has 0 aliphatic rings. The van der Waals surface area contributed by atoms with Crippen LogP contribution in [0.4, 0.5) is 5.69 Å². The maximum absolute atomic E-state index is 12.0. The lowest BCUT2D eigenvalue weighted by Gasteiger charge is -2.09. The largest absolute Gasteiger partial charge is 0.352 e. The van der Waals surface area contributed by atoms with Gasteiger partial charge in [-0.3, -0.25) is 9.59 Å². The second-order valence-corrected chi connectivity index (χ2v) is 5.50. The number of carbonyl (C=O) groups is 2. The molecule has 22 heavy (non-hydrogen) atoms. The molecule has 0 fully saturated rings. The molecule has 2 amide bonds. The Morgan fingerprint density at radius 2 is 1.45 bits per heavy atom. The average Bonchev–Trinajstić information content (AvgIpc) is 2.54. The normalized spacial score (nSPS) is 10.3. The van der Waals surface area contributed by atoms with Gasteiger partial charge in [-0.1, -0.05) is 32.0 Å². The molecule has 114 valence electrons. The molecule has 2 N–H and O–H groups in total. The summed E-state index contributed by atoms with van der Waals surface area (Å²) in [4.78, 5) is 23.9. The van der Waals surface area contributed by atoms with Crippen molar-refractivity contribution in [3.8, 4) is 0 Å². The third-order valence-electron chi connectivity index (χ3n) is 3.11. The van der Waals surface area contributed by atoms with Crippen LogP contribution in [0.25, 0.3) is 0 Å². The van der Waals surface area contributed by atoms with Crippen LogP contribution in [0, 0.1) is 5.92 Å². The van der Waals surface area contributed by atoms with Crippen LogP contribution in [-0.4, -0.2) is 18.4 Å². The lowest BCUT2D eigenvalue weighted by Crippen LogP contribution is -2.27. The topological polar surface area (TPSA) is 58.2 Å². The highest BCUT2D eigenvalue weighted by Gasteiger charge is 2.08. The van der Waals surface area contributed by atoms with Crippen LogP contribution < -0.4 is 10.6 Å². The molecule has 0 atom stereocenters. The van der Waals surface area contributed by atoms with E-state index < -0.39 is 0 Å². The van der Waals surface area contributed by atoms with E-state index in [4.69, 9.17) is 0 Å². The number of rotatable bonds is 5. The molecule has 0 bridgehead atoms. The lowest BCUT2D eigenvalue weighted by molar-refractivity contribution is 0.0948. The number of hydrogen-bond donors (Lipinski definition) is 2. The van der Waals surface area contributed by atoms with Crippen LogP contribution in [-0.2, 0) is 0 Å². The number of carbonyl (C=O) groups excluding carboxylic acids is 2. The molecule has 0 aliphatic carbocycles. The number of benzene rings is 2. The maximum atomic E-state index is 12.0. The molecule has 0 unspecified atom stereocenters. The van der Waals surface area contributed by atoms with Crippen LogP contribution in [0.5, 0.6) is 0 Å². The van der Waals surface area contributed by atoms with E-state index in [1.165, 1.54) is 0 Å². The van der Waals surface area contributed by atoms with Crippen molar-refractivity contribution in [2.24, 2.45) is 5.92 Å². The molecule has 0 saturated carbocycles. The number of hydrogen-bond acceptors (Lipinski definition) is 2. The zero-order valence-corrected chi connectivity index (χ0v) is 12.8. The van der Waals surface area contributed by atoms with E-state index in [1.54, 1.807) is 36.4 Å². The van der Waals surface area contributed by atoms with Crippen molar-refractivity contribution in [1.82, 2.24) is 5.32 Å². The Hall–Kier alpha value is -2.62. The van der Waals surface area contributed by atoms with Crippen LogP contribution in [0.3, 0.4) is 0 Å². The molecule has 0 saturated heterocycles. The minimum absolute atomic E-state index is 0.102. The Balaban J connectivity index is 1.97. The van der Waals surface area contributed by atoms with Gasteiger partial charge >= 0.3 is 0 Å². The van der Waals surface area contributed by atoms with Crippen molar-refractivity contribution >= 4 is 17.5 Å². The fraction of sp³-hybridized carbons (Fsp3) is 0.222. The first-order valence-electron chi connectivity index (χ1n) is 7.31. The highest BCUT2D eigenvalue weighted by molar-refractivity contribution is 6.04. The maximum Gasteiger partial charge on any atom is 0.255 e. The lowest BCUT2D eigenvalue weighted by atomic mass is 10.1. The molecule has 0 aromatic heterocycles. The predicted molar refractivity (Wildman–Crippen MR) is 88.0 cm³/mol. The predicted octanol–water partition coefficient (Wildman–Crippen LogP) is 3.32. The highest BCUT2D eigenvalue weighted by atomic mass is 16.2. The molecular formula is C18H20N2O2. The van der Waals surface area contributed by atoms with Gasteiger partial charge in [-0.15, -0.1) is 0 Å². The zero-order valence-electron chi connectivity index (χ0n) is 12.8. The Labute approximate surface area is 130 Å². The van der Waals surface area contributed by atoms with Gasteiger partial charge in [-0.25, -0.2) is 0 Å². The number of nitrogens with one attached hydrogen (secondary N) is 2. The van der Waals surface area contributed by atoms with Crippen LogP contribution in [0.1, 0.15) is 34.6 Å². The smallest absolute Gasteiger partial charge is 0.255 e. The van der Waals surface area contributed by atoms with Gasteiger partial charge in [0.1, 0.15) is 0 Å². The molecule has 2 aromatic rings. The van der Waals surface area contributed by atoms with E-state index in [1.807, 2.05) is 32.0 Å². The molecule has 0 heterocycles. The van der Waals surface area contributed by atoms with E-state index in [2.05, 4.69) is 10.6 Å². The molecule has 2 aromatic carbocycles. The van der Waals surface area contributed by atoms with Crippen LogP contribution >= 0.6 is 0 Å². The number of amides is 2. The summed E-state index contributed by atoms with van der Waals surface area (Å²) in [6.45, 7) is 4.73. The van der Waals surface area contributed by atoms with Crippen molar-refractivity contribution < 1.29 is 9.59 Å². The summed E-state index contributed by atoms with van der Waals surface area (Å²) < 4.78 is 0. The fourth-order valence-electron chi connectivity index (χ4n) is 1.90. The summed E-state index contributed by atoms with van der Waals surface area (Å²) >= 11 is 0. The summed E-state index contributed by atoms with van der Waals surface area (Å²) in [5, 5.41) is 5.66. The van der Waals surface area contributed by atoms with Gasteiger partial charge in [-0.2, -0.15) is 0 Å². The molecule has 4 heteroatoms. The first-order valence-corrected chi connectivity index (χ1v) is 7.31. The van der Waals surface area contributed by atoms with Gasteiger partial charge in [0.05, 0.1) is 0 Å². The van der Waals surface area contributed by atoms with Crippen molar-refractivity contribution in [3.05, 3.63) is 65.7 Å².